The van der Waals surface area contributed by atoms with Crippen molar-refractivity contribution in [3.8, 4) is 11.3 Å². The van der Waals surface area contributed by atoms with Gasteiger partial charge in [-0.3, -0.25) is 4.90 Å². The zero-order valence-electron chi connectivity index (χ0n) is 16.5. The molecule has 4 heteroatoms. The minimum absolute atomic E-state index is 0.565. The summed E-state index contributed by atoms with van der Waals surface area (Å²) in [6.45, 7) is 7.71. The Labute approximate surface area is 167 Å². The van der Waals surface area contributed by atoms with Crippen LogP contribution in [0.4, 0.5) is 11.5 Å². The fraction of sp³-hybridized carbons (Fsp3) is 0.292. The number of hydrogen-bond acceptors (Lipinski definition) is 4. The first-order chi connectivity index (χ1) is 13.7. The van der Waals surface area contributed by atoms with Crippen molar-refractivity contribution in [1.29, 1.82) is 0 Å². The normalized spacial score (nSPS) is 15.0. The lowest BCUT2D eigenvalue weighted by molar-refractivity contribution is 0.261. The number of aryl methyl sites for hydroxylation is 1. The van der Waals surface area contributed by atoms with E-state index in [0.717, 1.165) is 50.4 Å². The van der Waals surface area contributed by atoms with Crippen molar-refractivity contribution in [3.05, 3.63) is 77.9 Å². The fourth-order valence-corrected chi connectivity index (χ4v) is 3.93. The molecule has 144 valence electrons. The molecule has 0 bridgehead atoms. The molecule has 28 heavy (non-hydrogen) atoms. The molecule has 1 aliphatic rings. The van der Waals surface area contributed by atoms with Crippen molar-refractivity contribution in [2.24, 2.45) is 0 Å². The average Bonchev–Trinajstić information content (AvgIpc) is 2.73. The molecular formula is C24H28N4. The quantitative estimate of drug-likeness (QED) is 0.735. The number of nitrogens with two attached hydrogens (primary N) is 1. The van der Waals surface area contributed by atoms with Crippen LogP contribution in [0.25, 0.3) is 11.3 Å². The number of hydrogen-bond donors (Lipinski definition) is 1. The lowest BCUT2D eigenvalue weighted by Crippen LogP contribution is -2.46. The maximum atomic E-state index is 5.83. The van der Waals surface area contributed by atoms with Crippen LogP contribution in [0.2, 0.25) is 0 Å². The smallest absolute Gasteiger partial charge is 0.124 e. The van der Waals surface area contributed by atoms with Gasteiger partial charge < -0.3 is 10.6 Å². The summed E-state index contributed by atoms with van der Waals surface area (Å²) in [4.78, 5) is 9.50. The molecule has 1 aromatic heterocycles. The largest absolute Gasteiger partial charge is 0.384 e. The number of para-hydroxylation sites is 1. The number of rotatable bonds is 5. The standard InChI is InChI=1S/C24H28N4/c1-19-18-20(10-11-22(19)23-8-5-9-24(25)26-23)12-13-27-14-16-28(17-15-27)21-6-3-2-4-7-21/h2-11,18H,12-17H2,1H3,(H2,25,26). The summed E-state index contributed by atoms with van der Waals surface area (Å²) < 4.78 is 0. The molecule has 0 atom stereocenters. The molecule has 4 rings (SSSR count). The summed E-state index contributed by atoms with van der Waals surface area (Å²) in [6, 6.07) is 23.2. The van der Waals surface area contributed by atoms with Crippen LogP contribution in [0.3, 0.4) is 0 Å². The summed E-state index contributed by atoms with van der Waals surface area (Å²) >= 11 is 0. The second-order valence-electron chi connectivity index (χ2n) is 7.51. The van der Waals surface area contributed by atoms with Gasteiger partial charge in [0.2, 0.25) is 0 Å². The van der Waals surface area contributed by atoms with E-state index in [-0.39, 0.29) is 0 Å². The van der Waals surface area contributed by atoms with Crippen molar-refractivity contribution in [3.63, 3.8) is 0 Å². The summed E-state index contributed by atoms with van der Waals surface area (Å²) in [7, 11) is 0. The molecule has 0 unspecified atom stereocenters. The van der Waals surface area contributed by atoms with Crippen molar-refractivity contribution in [2.75, 3.05) is 43.4 Å². The highest BCUT2D eigenvalue weighted by Gasteiger charge is 2.16. The molecule has 0 radical (unpaired) electrons. The van der Waals surface area contributed by atoms with Gasteiger partial charge in [0.1, 0.15) is 5.82 Å². The highest BCUT2D eigenvalue weighted by molar-refractivity contribution is 5.65. The van der Waals surface area contributed by atoms with Crippen LogP contribution in [-0.4, -0.2) is 42.6 Å². The van der Waals surface area contributed by atoms with E-state index in [1.165, 1.54) is 16.8 Å². The minimum Gasteiger partial charge on any atom is -0.384 e. The number of anilines is 2. The highest BCUT2D eigenvalue weighted by atomic mass is 15.3. The number of benzene rings is 2. The van der Waals surface area contributed by atoms with Crippen molar-refractivity contribution in [1.82, 2.24) is 9.88 Å². The zero-order chi connectivity index (χ0) is 19.3. The molecule has 2 heterocycles. The maximum absolute atomic E-state index is 5.83. The van der Waals surface area contributed by atoms with Crippen molar-refractivity contribution >= 4 is 11.5 Å². The maximum Gasteiger partial charge on any atom is 0.124 e. The van der Waals surface area contributed by atoms with Crippen LogP contribution in [-0.2, 0) is 6.42 Å². The third-order valence-electron chi connectivity index (χ3n) is 5.55. The Hall–Kier alpha value is -2.85. The van der Waals surface area contributed by atoms with E-state index in [1.807, 2.05) is 18.2 Å². The van der Waals surface area contributed by atoms with Gasteiger partial charge in [-0.1, -0.05) is 42.5 Å². The molecule has 0 amide bonds. The Morgan fingerprint density at radius 3 is 2.39 bits per heavy atom. The fourth-order valence-electron chi connectivity index (χ4n) is 3.93. The summed E-state index contributed by atoms with van der Waals surface area (Å²) in [6.07, 6.45) is 1.08. The lowest BCUT2D eigenvalue weighted by Gasteiger charge is -2.36. The van der Waals surface area contributed by atoms with E-state index in [2.05, 4.69) is 70.2 Å². The number of nitrogens with zero attached hydrogens (tertiary/aromatic N) is 3. The first kappa shape index (κ1) is 18.5. The summed E-state index contributed by atoms with van der Waals surface area (Å²) in [5, 5.41) is 0. The van der Waals surface area contributed by atoms with Gasteiger partial charge >= 0.3 is 0 Å². The van der Waals surface area contributed by atoms with Gasteiger partial charge in [-0.05, 0) is 48.7 Å². The first-order valence-electron chi connectivity index (χ1n) is 10.0. The Balaban J connectivity index is 1.33. The summed E-state index contributed by atoms with van der Waals surface area (Å²) in [5.41, 5.74) is 11.9. The van der Waals surface area contributed by atoms with Gasteiger partial charge in [0.05, 0.1) is 5.69 Å². The second kappa shape index (κ2) is 8.44. The van der Waals surface area contributed by atoms with Crippen LogP contribution in [0.15, 0.2) is 66.7 Å². The molecule has 2 aromatic carbocycles. The molecule has 4 nitrogen and oxygen atoms in total. The molecular weight excluding hydrogens is 344 g/mol. The third-order valence-corrected chi connectivity index (χ3v) is 5.55. The van der Waals surface area contributed by atoms with Crippen LogP contribution in [0, 0.1) is 6.92 Å². The Morgan fingerprint density at radius 1 is 0.893 bits per heavy atom. The van der Waals surface area contributed by atoms with E-state index in [0.29, 0.717) is 5.82 Å². The molecule has 1 fully saturated rings. The predicted octanol–water partition coefficient (Wildman–Crippen LogP) is 4.00. The van der Waals surface area contributed by atoms with Crippen molar-refractivity contribution in [2.45, 2.75) is 13.3 Å². The van der Waals surface area contributed by atoms with Crippen LogP contribution in [0.1, 0.15) is 11.1 Å². The topological polar surface area (TPSA) is 45.4 Å². The molecule has 1 saturated heterocycles. The van der Waals surface area contributed by atoms with Gasteiger partial charge in [-0.2, -0.15) is 0 Å². The van der Waals surface area contributed by atoms with Gasteiger partial charge in [-0.15, -0.1) is 0 Å². The lowest BCUT2D eigenvalue weighted by atomic mass is 10.0. The molecule has 1 aliphatic heterocycles. The van der Waals surface area contributed by atoms with Crippen LogP contribution >= 0.6 is 0 Å². The number of pyridine rings is 1. The molecule has 0 spiro atoms. The number of aromatic nitrogens is 1. The Morgan fingerprint density at radius 2 is 1.68 bits per heavy atom. The van der Waals surface area contributed by atoms with E-state index >= 15 is 0 Å². The molecule has 2 N–H and O–H groups in total. The highest BCUT2D eigenvalue weighted by Crippen LogP contribution is 2.24. The third kappa shape index (κ3) is 4.34. The van der Waals surface area contributed by atoms with Gasteiger partial charge in [-0.25, -0.2) is 4.98 Å². The van der Waals surface area contributed by atoms with E-state index < -0.39 is 0 Å². The monoisotopic (exact) mass is 372 g/mol. The van der Waals surface area contributed by atoms with E-state index in [1.54, 1.807) is 0 Å². The van der Waals surface area contributed by atoms with Gasteiger partial charge in [0.25, 0.3) is 0 Å². The second-order valence-corrected chi connectivity index (χ2v) is 7.51. The molecule has 3 aromatic rings. The van der Waals surface area contributed by atoms with Crippen molar-refractivity contribution < 1.29 is 0 Å². The molecule has 0 saturated carbocycles. The Bertz CT molecular complexity index is 915. The number of piperazine rings is 1. The SMILES string of the molecule is Cc1cc(CCN2CCN(c3ccccc3)CC2)ccc1-c1cccc(N)n1. The van der Waals surface area contributed by atoms with Gasteiger partial charge in [0, 0.05) is 44.0 Å². The Kier molecular flexibility index (Phi) is 5.58. The minimum atomic E-state index is 0.565. The molecule has 0 aliphatic carbocycles. The zero-order valence-corrected chi connectivity index (χ0v) is 16.5. The van der Waals surface area contributed by atoms with Crippen LogP contribution in [0.5, 0.6) is 0 Å². The first-order valence-corrected chi connectivity index (χ1v) is 10.0. The van der Waals surface area contributed by atoms with E-state index in [4.69, 9.17) is 5.73 Å². The number of nitrogen functional groups attached to an aromatic ring is 1. The van der Waals surface area contributed by atoms with E-state index in [9.17, 15) is 0 Å². The van der Waals surface area contributed by atoms with Crippen LogP contribution < -0.4 is 10.6 Å². The predicted molar refractivity (Wildman–Crippen MR) is 118 cm³/mol. The van der Waals surface area contributed by atoms with Gasteiger partial charge in [0.15, 0.2) is 0 Å². The average molecular weight is 373 g/mol. The summed E-state index contributed by atoms with van der Waals surface area (Å²) in [5.74, 6) is 0.565.